The maximum atomic E-state index is 12.0. The number of nitrogens with one attached hydrogen (secondary N) is 1. The Labute approximate surface area is 112 Å². The third-order valence-electron chi connectivity index (χ3n) is 2.75. The summed E-state index contributed by atoms with van der Waals surface area (Å²) in [4.78, 5) is 28.5. The van der Waals surface area contributed by atoms with Gasteiger partial charge in [0.2, 0.25) is 0 Å². The van der Waals surface area contributed by atoms with Crippen molar-refractivity contribution in [1.29, 1.82) is 0 Å². The highest BCUT2D eigenvalue weighted by atomic mass is 16.4. The van der Waals surface area contributed by atoms with E-state index in [-0.39, 0.29) is 6.03 Å². The van der Waals surface area contributed by atoms with Gasteiger partial charge in [-0.2, -0.15) is 0 Å². The minimum atomic E-state index is -1.02. The summed E-state index contributed by atoms with van der Waals surface area (Å²) >= 11 is 0. The van der Waals surface area contributed by atoms with Gasteiger partial charge in [0.15, 0.2) is 0 Å². The van der Waals surface area contributed by atoms with Crippen molar-refractivity contribution in [1.82, 2.24) is 15.2 Å². The van der Waals surface area contributed by atoms with E-state index in [1.165, 1.54) is 4.90 Å². The van der Waals surface area contributed by atoms with Gasteiger partial charge in [0, 0.05) is 12.7 Å². The van der Waals surface area contributed by atoms with Crippen LogP contribution in [0.4, 0.5) is 4.79 Å². The number of pyridine rings is 1. The molecule has 1 atom stereocenters. The van der Waals surface area contributed by atoms with E-state index in [0.29, 0.717) is 19.5 Å². The molecule has 0 saturated carbocycles. The molecule has 6 nitrogen and oxygen atoms in total. The molecule has 2 N–H and O–H groups in total. The zero-order valence-electron chi connectivity index (χ0n) is 11.2. The van der Waals surface area contributed by atoms with Crippen LogP contribution in [-0.2, 0) is 11.3 Å². The zero-order valence-corrected chi connectivity index (χ0v) is 11.2. The number of carboxylic acids is 1. The fourth-order valence-electron chi connectivity index (χ4n) is 1.59. The summed E-state index contributed by atoms with van der Waals surface area (Å²) in [5.74, 6) is -1.02. The van der Waals surface area contributed by atoms with E-state index >= 15 is 0 Å². The summed E-state index contributed by atoms with van der Waals surface area (Å²) in [5, 5.41) is 11.4. The Kier molecular flexibility index (Phi) is 5.78. The number of aromatic nitrogens is 1. The number of urea groups is 1. The van der Waals surface area contributed by atoms with E-state index in [1.807, 2.05) is 19.1 Å². The molecule has 1 aromatic rings. The monoisotopic (exact) mass is 265 g/mol. The Balaban J connectivity index is 2.64. The molecular weight excluding hydrogens is 246 g/mol. The Morgan fingerprint density at radius 1 is 1.42 bits per heavy atom. The summed E-state index contributed by atoms with van der Waals surface area (Å²) in [6, 6.07) is 4.23. The second-order valence-corrected chi connectivity index (χ2v) is 4.08. The highest BCUT2D eigenvalue weighted by molar-refractivity contribution is 5.82. The van der Waals surface area contributed by atoms with Gasteiger partial charge < -0.3 is 15.3 Å². The summed E-state index contributed by atoms with van der Waals surface area (Å²) in [5.41, 5.74) is 0.767. The van der Waals surface area contributed by atoms with E-state index in [2.05, 4.69) is 10.3 Å². The van der Waals surface area contributed by atoms with Crippen molar-refractivity contribution in [3.8, 4) is 0 Å². The first-order valence-corrected chi connectivity index (χ1v) is 6.26. The van der Waals surface area contributed by atoms with E-state index in [9.17, 15) is 9.59 Å². The van der Waals surface area contributed by atoms with Gasteiger partial charge in [-0.25, -0.2) is 9.59 Å². The van der Waals surface area contributed by atoms with Crippen LogP contribution in [0.3, 0.4) is 0 Å². The van der Waals surface area contributed by atoms with Crippen LogP contribution in [0.25, 0.3) is 0 Å². The Bertz CT molecular complexity index is 422. The van der Waals surface area contributed by atoms with E-state index in [1.54, 1.807) is 19.2 Å². The van der Waals surface area contributed by atoms with E-state index in [4.69, 9.17) is 5.11 Å². The van der Waals surface area contributed by atoms with Gasteiger partial charge in [0.05, 0.1) is 12.2 Å². The molecule has 0 bridgehead atoms. The smallest absolute Gasteiger partial charge is 0.326 e. The van der Waals surface area contributed by atoms with Crippen LogP contribution >= 0.6 is 0 Å². The van der Waals surface area contributed by atoms with E-state index < -0.39 is 12.0 Å². The predicted octanol–water partition coefficient (Wildman–Crippen LogP) is 1.48. The van der Waals surface area contributed by atoms with Crippen LogP contribution in [0.1, 0.15) is 26.0 Å². The van der Waals surface area contributed by atoms with Crippen molar-refractivity contribution in [2.24, 2.45) is 0 Å². The van der Waals surface area contributed by atoms with Gasteiger partial charge in [0.25, 0.3) is 0 Å². The number of rotatable bonds is 6. The largest absolute Gasteiger partial charge is 0.480 e. The molecule has 0 aliphatic rings. The molecule has 0 aliphatic heterocycles. The van der Waals surface area contributed by atoms with E-state index in [0.717, 1.165) is 5.69 Å². The normalized spacial score (nSPS) is 11.7. The number of hydrogen-bond acceptors (Lipinski definition) is 3. The third kappa shape index (κ3) is 4.57. The Morgan fingerprint density at radius 2 is 2.16 bits per heavy atom. The number of aliphatic carboxylic acids is 1. The number of carbonyl (C=O) groups excluding carboxylic acids is 1. The molecule has 0 saturated heterocycles. The van der Waals surface area contributed by atoms with Gasteiger partial charge in [-0.3, -0.25) is 4.98 Å². The molecule has 104 valence electrons. The molecule has 0 fully saturated rings. The Hall–Kier alpha value is -2.11. The number of nitrogens with zero attached hydrogens (tertiary/aromatic N) is 2. The number of carboxylic acid groups (broad SMARTS) is 1. The summed E-state index contributed by atoms with van der Waals surface area (Å²) < 4.78 is 0. The van der Waals surface area contributed by atoms with Gasteiger partial charge in [-0.05, 0) is 25.5 Å². The van der Waals surface area contributed by atoms with Crippen LogP contribution in [-0.4, -0.2) is 39.6 Å². The number of amides is 2. The molecule has 19 heavy (non-hydrogen) atoms. The standard InChI is InChI=1S/C13H19N3O3/c1-3-11(12(17)18)15-13(19)16(4-2)9-10-7-5-6-8-14-10/h5-8,11H,3-4,9H2,1-2H3,(H,15,19)(H,17,18). The SMILES string of the molecule is CCC(NC(=O)N(CC)Cc1ccccn1)C(=O)O. The number of carbonyl (C=O) groups is 2. The van der Waals surface area contributed by atoms with Gasteiger partial charge >= 0.3 is 12.0 Å². The topological polar surface area (TPSA) is 82.5 Å². The lowest BCUT2D eigenvalue weighted by Gasteiger charge is -2.23. The molecule has 6 heteroatoms. The van der Waals surface area contributed by atoms with Crippen LogP contribution < -0.4 is 5.32 Å². The van der Waals surface area contributed by atoms with Crippen LogP contribution in [0.15, 0.2) is 24.4 Å². The summed E-state index contributed by atoms with van der Waals surface area (Å²) in [6.07, 6.45) is 2.01. The molecule has 1 aromatic heterocycles. The molecule has 0 aromatic carbocycles. The molecular formula is C13H19N3O3. The molecule has 1 unspecified atom stereocenters. The molecule has 1 heterocycles. The third-order valence-corrected chi connectivity index (χ3v) is 2.75. The van der Waals surface area contributed by atoms with Crippen LogP contribution in [0.2, 0.25) is 0 Å². The minimum Gasteiger partial charge on any atom is -0.480 e. The van der Waals surface area contributed by atoms with Gasteiger partial charge in [-0.15, -0.1) is 0 Å². The fourth-order valence-corrected chi connectivity index (χ4v) is 1.59. The lowest BCUT2D eigenvalue weighted by atomic mass is 10.2. The highest BCUT2D eigenvalue weighted by Gasteiger charge is 2.21. The summed E-state index contributed by atoms with van der Waals surface area (Å²) in [6.45, 7) is 4.40. The second-order valence-electron chi connectivity index (χ2n) is 4.08. The fraction of sp³-hybridized carbons (Fsp3) is 0.462. The first kappa shape index (κ1) is 14.9. The average Bonchev–Trinajstić information content (AvgIpc) is 2.42. The lowest BCUT2D eigenvalue weighted by molar-refractivity contribution is -0.139. The van der Waals surface area contributed by atoms with Crippen LogP contribution in [0.5, 0.6) is 0 Å². The zero-order chi connectivity index (χ0) is 14.3. The van der Waals surface area contributed by atoms with Crippen molar-refractivity contribution in [3.05, 3.63) is 30.1 Å². The molecule has 0 spiro atoms. The van der Waals surface area contributed by atoms with Crippen LogP contribution in [0, 0.1) is 0 Å². The molecule has 2 amide bonds. The van der Waals surface area contributed by atoms with Gasteiger partial charge in [-0.1, -0.05) is 13.0 Å². The maximum Gasteiger partial charge on any atom is 0.326 e. The maximum absolute atomic E-state index is 12.0. The van der Waals surface area contributed by atoms with Crippen molar-refractivity contribution in [2.45, 2.75) is 32.9 Å². The molecule has 0 aliphatic carbocycles. The minimum absolute atomic E-state index is 0.349. The first-order chi connectivity index (χ1) is 9.08. The Morgan fingerprint density at radius 3 is 2.63 bits per heavy atom. The lowest BCUT2D eigenvalue weighted by Crippen LogP contribution is -2.47. The van der Waals surface area contributed by atoms with Crippen molar-refractivity contribution in [2.75, 3.05) is 6.54 Å². The van der Waals surface area contributed by atoms with Gasteiger partial charge in [0.1, 0.15) is 6.04 Å². The second kappa shape index (κ2) is 7.35. The average molecular weight is 265 g/mol. The first-order valence-electron chi connectivity index (χ1n) is 6.26. The summed E-state index contributed by atoms with van der Waals surface area (Å²) in [7, 11) is 0. The quantitative estimate of drug-likeness (QED) is 0.816. The van der Waals surface area contributed by atoms with Crippen molar-refractivity contribution >= 4 is 12.0 Å². The predicted molar refractivity (Wildman–Crippen MR) is 70.6 cm³/mol. The molecule has 1 rings (SSSR count). The van der Waals surface area contributed by atoms with Crippen molar-refractivity contribution < 1.29 is 14.7 Å². The highest BCUT2D eigenvalue weighted by Crippen LogP contribution is 2.02. The molecule has 0 radical (unpaired) electrons. The van der Waals surface area contributed by atoms with Crippen molar-refractivity contribution in [3.63, 3.8) is 0 Å². The number of hydrogen-bond donors (Lipinski definition) is 2.